The van der Waals surface area contributed by atoms with Gasteiger partial charge >= 0.3 is 0 Å². The molecule has 1 aromatic carbocycles. The van der Waals surface area contributed by atoms with E-state index in [1.54, 1.807) is 0 Å². The van der Waals surface area contributed by atoms with E-state index in [-0.39, 0.29) is 6.10 Å². The lowest BCUT2D eigenvalue weighted by Gasteiger charge is -1.99. The second kappa shape index (κ2) is 6.36. The lowest BCUT2D eigenvalue weighted by atomic mass is 10.2. The first-order valence-corrected chi connectivity index (χ1v) is 6.48. The summed E-state index contributed by atoms with van der Waals surface area (Å²) in [6.07, 6.45) is 8.36. The number of aromatic nitrogens is 2. The highest BCUT2D eigenvalue weighted by Crippen LogP contribution is 2.16. The molecule has 3 rings (SSSR count). The Bertz CT molecular complexity index is 458. The molecule has 0 radical (unpaired) electrons. The molecule has 1 heterocycles. The molecule has 1 fully saturated rings. The fourth-order valence-electron chi connectivity index (χ4n) is 2.14. The average Bonchev–Trinajstić information content (AvgIpc) is 3.02. The van der Waals surface area contributed by atoms with Crippen molar-refractivity contribution in [3.05, 3.63) is 42.7 Å². The molecule has 96 valence electrons. The Balaban J connectivity index is 0.000000169. The summed E-state index contributed by atoms with van der Waals surface area (Å²) in [6.45, 7) is 0. The normalized spacial score (nSPS) is 15.2. The summed E-state index contributed by atoms with van der Waals surface area (Å²) in [5.74, 6) is 1.01. The smallest absolute Gasteiger partial charge is 0.139 e. The number of aryl methyl sites for hydroxylation is 1. The van der Waals surface area contributed by atoms with Crippen LogP contribution in [-0.2, 0) is 7.05 Å². The number of hydrogen-bond acceptors (Lipinski definition) is 2. The summed E-state index contributed by atoms with van der Waals surface area (Å²) < 4.78 is 2.01. The van der Waals surface area contributed by atoms with Gasteiger partial charge < -0.3 is 9.67 Å². The van der Waals surface area contributed by atoms with E-state index < -0.39 is 0 Å². The maximum Gasteiger partial charge on any atom is 0.139 e. The summed E-state index contributed by atoms with van der Waals surface area (Å²) in [4.78, 5) is 4.25. The summed E-state index contributed by atoms with van der Waals surface area (Å²) in [6, 6.07) is 10.2. The van der Waals surface area contributed by atoms with Crippen molar-refractivity contribution >= 4 is 0 Å². The van der Waals surface area contributed by atoms with E-state index >= 15 is 0 Å². The number of aliphatic hydroxyl groups excluding tert-OH is 1. The zero-order chi connectivity index (χ0) is 12.8. The maximum atomic E-state index is 8.73. The van der Waals surface area contributed by atoms with Crippen LogP contribution in [0.4, 0.5) is 0 Å². The zero-order valence-electron chi connectivity index (χ0n) is 10.8. The van der Waals surface area contributed by atoms with Crippen LogP contribution in [0.25, 0.3) is 11.4 Å². The predicted octanol–water partition coefficient (Wildman–Crippen LogP) is 3.01. The zero-order valence-corrected chi connectivity index (χ0v) is 10.8. The van der Waals surface area contributed by atoms with Crippen LogP contribution in [-0.4, -0.2) is 20.8 Å². The fourth-order valence-corrected chi connectivity index (χ4v) is 2.14. The van der Waals surface area contributed by atoms with Gasteiger partial charge in [0.2, 0.25) is 0 Å². The molecular formula is C15H20N2O. The molecule has 0 spiro atoms. The first-order chi connectivity index (χ1) is 8.77. The number of benzene rings is 1. The molecule has 1 aromatic heterocycles. The second-order valence-electron chi connectivity index (χ2n) is 4.67. The maximum absolute atomic E-state index is 8.73. The van der Waals surface area contributed by atoms with E-state index in [2.05, 4.69) is 17.1 Å². The van der Waals surface area contributed by atoms with Crippen LogP contribution in [0.15, 0.2) is 42.7 Å². The monoisotopic (exact) mass is 244 g/mol. The first-order valence-electron chi connectivity index (χ1n) is 6.48. The molecule has 3 heteroatoms. The Labute approximate surface area is 108 Å². The van der Waals surface area contributed by atoms with Gasteiger partial charge in [0.1, 0.15) is 5.82 Å². The number of rotatable bonds is 1. The third kappa shape index (κ3) is 3.44. The highest BCUT2D eigenvalue weighted by molar-refractivity contribution is 5.54. The van der Waals surface area contributed by atoms with Crippen LogP contribution in [0.2, 0.25) is 0 Å². The third-order valence-corrected chi connectivity index (χ3v) is 3.18. The van der Waals surface area contributed by atoms with Gasteiger partial charge in [-0.2, -0.15) is 0 Å². The van der Waals surface area contributed by atoms with Crippen molar-refractivity contribution in [2.75, 3.05) is 0 Å². The molecule has 1 aliphatic rings. The number of imidazole rings is 1. The van der Waals surface area contributed by atoms with Crippen molar-refractivity contribution in [2.45, 2.75) is 31.8 Å². The van der Waals surface area contributed by atoms with E-state index in [0.29, 0.717) is 0 Å². The minimum absolute atomic E-state index is 0.0463. The van der Waals surface area contributed by atoms with Gasteiger partial charge in [0.25, 0.3) is 0 Å². The average molecular weight is 244 g/mol. The van der Waals surface area contributed by atoms with Crippen molar-refractivity contribution in [3.63, 3.8) is 0 Å². The van der Waals surface area contributed by atoms with Gasteiger partial charge in [0, 0.05) is 25.0 Å². The Morgan fingerprint density at radius 2 is 1.83 bits per heavy atom. The van der Waals surface area contributed by atoms with Crippen LogP contribution in [0, 0.1) is 0 Å². The van der Waals surface area contributed by atoms with Crippen LogP contribution in [0.3, 0.4) is 0 Å². The van der Waals surface area contributed by atoms with Gasteiger partial charge in [-0.15, -0.1) is 0 Å². The van der Waals surface area contributed by atoms with Gasteiger partial charge in [-0.3, -0.25) is 0 Å². The molecule has 1 aliphatic carbocycles. The van der Waals surface area contributed by atoms with Gasteiger partial charge in [-0.1, -0.05) is 43.2 Å². The minimum Gasteiger partial charge on any atom is -0.393 e. The van der Waals surface area contributed by atoms with E-state index in [1.807, 2.05) is 42.2 Å². The molecule has 0 aliphatic heterocycles. The SMILES string of the molecule is Cn1ccnc1-c1ccccc1.OC1CCCC1. The van der Waals surface area contributed by atoms with Crippen LogP contribution >= 0.6 is 0 Å². The Hall–Kier alpha value is -1.61. The fraction of sp³-hybridized carbons (Fsp3) is 0.400. The van der Waals surface area contributed by atoms with Crippen molar-refractivity contribution in [3.8, 4) is 11.4 Å². The molecule has 1 saturated carbocycles. The van der Waals surface area contributed by atoms with Crippen LogP contribution < -0.4 is 0 Å². The Morgan fingerprint density at radius 3 is 2.28 bits per heavy atom. The molecular weight excluding hydrogens is 224 g/mol. The Morgan fingerprint density at radius 1 is 1.17 bits per heavy atom. The molecule has 2 aromatic rings. The lowest BCUT2D eigenvalue weighted by molar-refractivity contribution is 0.183. The molecule has 0 unspecified atom stereocenters. The van der Waals surface area contributed by atoms with E-state index in [0.717, 1.165) is 24.2 Å². The van der Waals surface area contributed by atoms with Gasteiger partial charge in [0.15, 0.2) is 0 Å². The second-order valence-corrected chi connectivity index (χ2v) is 4.67. The van der Waals surface area contributed by atoms with Crippen molar-refractivity contribution in [1.82, 2.24) is 9.55 Å². The molecule has 0 atom stereocenters. The quantitative estimate of drug-likeness (QED) is 0.837. The molecule has 0 saturated heterocycles. The molecule has 1 N–H and O–H groups in total. The standard InChI is InChI=1S/C10H10N2.C5H10O/c1-12-8-7-11-10(12)9-5-3-2-4-6-9;6-5-3-1-2-4-5/h2-8H,1H3;5-6H,1-4H2. The van der Waals surface area contributed by atoms with E-state index in [1.165, 1.54) is 12.8 Å². The summed E-state index contributed by atoms with van der Waals surface area (Å²) in [5.41, 5.74) is 1.16. The minimum atomic E-state index is 0.0463. The van der Waals surface area contributed by atoms with Crippen molar-refractivity contribution in [2.24, 2.45) is 7.05 Å². The topological polar surface area (TPSA) is 38.0 Å². The molecule has 0 bridgehead atoms. The van der Waals surface area contributed by atoms with Crippen molar-refractivity contribution < 1.29 is 5.11 Å². The van der Waals surface area contributed by atoms with Crippen molar-refractivity contribution in [1.29, 1.82) is 0 Å². The Kier molecular flexibility index (Phi) is 4.53. The highest BCUT2D eigenvalue weighted by Gasteiger charge is 2.09. The lowest BCUT2D eigenvalue weighted by Crippen LogP contribution is -1.94. The van der Waals surface area contributed by atoms with Gasteiger partial charge in [0.05, 0.1) is 6.10 Å². The molecule has 3 nitrogen and oxygen atoms in total. The largest absolute Gasteiger partial charge is 0.393 e. The number of aliphatic hydroxyl groups is 1. The van der Waals surface area contributed by atoms with E-state index in [9.17, 15) is 0 Å². The summed E-state index contributed by atoms with van der Waals surface area (Å²) in [5, 5.41) is 8.73. The van der Waals surface area contributed by atoms with E-state index in [4.69, 9.17) is 5.11 Å². The van der Waals surface area contributed by atoms with Gasteiger partial charge in [-0.05, 0) is 12.8 Å². The number of hydrogen-bond donors (Lipinski definition) is 1. The molecule has 0 amide bonds. The summed E-state index contributed by atoms with van der Waals surface area (Å²) in [7, 11) is 2.00. The van der Waals surface area contributed by atoms with Crippen LogP contribution in [0.1, 0.15) is 25.7 Å². The highest BCUT2D eigenvalue weighted by atomic mass is 16.3. The third-order valence-electron chi connectivity index (χ3n) is 3.18. The first kappa shape index (κ1) is 12.8. The van der Waals surface area contributed by atoms with Crippen LogP contribution in [0.5, 0.6) is 0 Å². The number of nitrogens with zero attached hydrogens (tertiary/aromatic N) is 2. The predicted molar refractivity (Wildman–Crippen MR) is 73.1 cm³/mol. The van der Waals surface area contributed by atoms with Gasteiger partial charge in [-0.25, -0.2) is 4.98 Å². The molecule has 18 heavy (non-hydrogen) atoms. The summed E-state index contributed by atoms with van der Waals surface area (Å²) >= 11 is 0.